The van der Waals surface area contributed by atoms with Crippen LogP contribution in [-0.2, 0) is 4.79 Å². The predicted octanol–water partition coefficient (Wildman–Crippen LogP) is 2.80. The van der Waals surface area contributed by atoms with E-state index in [4.69, 9.17) is 4.74 Å². The molecule has 4 heteroatoms. The van der Waals surface area contributed by atoms with Gasteiger partial charge >= 0.3 is 0 Å². The summed E-state index contributed by atoms with van der Waals surface area (Å²) in [5, 5.41) is 6.07. The topological polar surface area (TPSA) is 50.4 Å². The fraction of sp³-hybridized carbons (Fsp3) is 0.533. The number of amides is 1. The van der Waals surface area contributed by atoms with Crippen LogP contribution >= 0.6 is 0 Å². The molecule has 0 radical (unpaired) electrons. The molecule has 1 rings (SSSR count). The Morgan fingerprint density at radius 3 is 2.74 bits per heavy atom. The molecular weight excluding hydrogens is 240 g/mol. The van der Waals surface area contributed by atoms with E-state index in [0.29, 0.717) is 6.61 Å². The lowest BCUT2D eigenvalue weighted by molar-refractivity contribution is -0.120. The molecule has 1 amide bonds. The highest BCUT2D eigenvalue weighted by Gasteiger charge is 2.07. The van der Waals surface area contributed by atoms with Crippen molar-refractivity contribution in [3.8, 4) is 5.75 Å². The van der Waals surface area contributed by atoms with Gasteiger partial charge in [-0.1, -0.05) is 25.5 Å². The maximum atomic E-state index is 11.8. The lowest BCUT2D eigenvalue weighted by atomic mass is 10.2. The summed E-state index contributed by atoms with van der Waals surface area (Å²) < 4.78 is 5.49. The van der Waals surface area contributed by atoms with E-state index in [1.54, 1.807) is 0 Å². The van der Waals surface area contributed by atoms with Gasteiger partial charge in [0.25, 0.3) is 0 Å². The minimum Gasteiger partial charge on any atom is -0.492 e. The first-order chi connectivity index (χ1) is 9.17. The van der Waals surface area contributed by atoms with Crippen molar-refractivity contribution in [1.82, 2.24) is 5.32 Å². The molecule has 1 aromatic carbocycles. The third-order valence-electron chi connectivity index (χ3n) is 2.76. The maximum Gasteiger partial charge on any atom is 0.239 e. The van der Waals surface area contributed by atoms with E-state index in [0.717, 1.165) is 24.3 Å². The standard InChI is InChI=1S/C15H24N2O2/c1-4-8-12(3)17-15(18)11-16-13-9-6-7-10-14(13)19-5-2/h6-7,9-10,12,16H,4-5,8,11H2,1-3H3,(H,17,18). The van der Waals surface area contributed by atoms with Gasteiger partial charge in [-0.3, -0.25) is 4.79 Å². The van der Waals surface area contributed by atoms with Gasteiger partial charge in [-0.2, -0.15) is 0 Å². The maximum absolute atomic E-state index is 11.8. The zero-order valence-corrected chi connectivity index (χ0v) is 12.0. The Hall–Kier alpha value is -1.71. The monoisotopic (exact) mass is 264 g/mol. The predicted molar refractivity (Wildman–Crippen MR) is 78.6 cm³/mol. The highest BCUT2D eigenvalue weighted by atomic mass is 16.5. The van der Waals surface area contributed by atoms with Crippen molar-refractivity contribution < 1.29 is 9.53 Å². The zero-order valence-electron chi connectivity index (χ0n) is 12.0. The van der Waals surface area contributed by atoms with Crippen molar-refractivity contribution in [2.24, 2.45) is 0 Å². The number of ether oxygens (including phenoxy) is 1. The van der Waals surface area contributed by atoms with Crippen LogP contribution in [0.2, 0.25) is 0 Å². The van der Waals surface area contributed by atoms with E-state index in [9.17, 15) is 4.79 Å². The Morgan fingerprint density at radius 1 is 1.32 bits per heavy atom. The van der Waals surface area contributed by atoms with Crippen molar-refractivity contribution in [1.29, 1.82) is 0 Å². The number of hydrogen-bond donors (Lipinski definition) is 2. The second-order valence-electron chi connectivity index (χ2n) is 4.54. The van der Waals surface area contributed by atoms with Crippen LogP contribution in [0, 0.1) is 0 Å². The van der Waals surface area contributed by atoms with Gasteiger partial charge in [-0.15, -0.1) is 0 Å². The Bertz CT molecular complexity index is 393. The first-order valence-electron chi connectivity index (χ1n) is 6.92. The van der Waals surface area contributed by atoms with Gasteiger partial charge in [0.05, 0.1) is 18.8 Å². The van der Waals surface area contributed by atoms with Crippen molar-refractivity contribution in [2.45, 2.75) is 39.7 Å². The molecule has 0 aromatic heterocycles. The quantitative estimate of drug-likeness (QED) is 0.759. The van der Waals surface area contributed by atoms with Crippen molar-refractivity contribution >= 4 is 11.6 Å². The Balaban J connectivity index is 2.45. The molecule has 0 bridgehead atoms. The van der Waals surface area contributed by atoms with Gasteiger partial charge in [-0.05, 0) is 32.4 Å². The SMILES string of the molecule is CCCC(C)NC(=O)CNc1ccccc1OCC. The highest BCUT2D eigenvalue weighted by molar-refractivity contribution is 5.81. The Morgan fingerprint density at radius 2 is 2.05 bits per heavy atom. The van der Waals surface area contributed by atoms with Gasteiger partial charge in [0.2, 0.25) is 5.91 Å². The average Bonchev–Trinajstić information content (AvgIpc) is 2.38. The van der Waals surface area contributed by atoms with Crippen LogP contribution in [0.15, 0.2) is 24.3 Å². The molecule has 1 unspecified atom stereocenters. The normalized spacial score (nSPS) is 11.7. The van der Waals surface area contributed by atoms with Gasteiger partial charge in [-0.25, -0.2) is 0 Å². The van der Waals surface area contributed by atoms with Crippen molar-refractivity contribution in [2.75, 3.05) is 18.5 Å². The smallest absolute Gasteiger partial charge is 0.239 e. The lowest BCUT2D eigenvalue weighted by Crippen LogP contribution is -2.36. The Labute approximate surface area is 115 Å². The first kappa shape index (κ1) is 15.3. The number of rotatable bonds is 8. The van der Waals surface area contributed by atoms with Crippen molar-refractivity contribution in [3.05, 3.63) is 24.3 Å². The van der Waals surface area contributed by atoms with Crippen LogP contribution in [0.3, 0.4) is 0 Å². The number of carbonyl (C=O) groups is 1. The van der Waals surface area contributed by atoms with Gasteiger partial charge in [0, 0.05) is 6.04 Å². The van der Waals surface area contributed by atoms with E-state index >= 15 is 0 Å². The van der Waals surface area contributed by atoms with Crippen molar-refractivity contribution in [3.63, 3.8) is 0 Å². The third-order valence-corrected chi connectivity index (χ3v) is 2.76. The largest absolute Gasteiger partial charge is 0.492 e. The summed E-state index contributed by atoms with van der Waals surface area (Å²) in [4.78, 5) is 11.8. The lowest BCUT2D eigenvalue weighted by Gasteiger charge is -2.15. The molecule has 0 spiro atoms. The minimum atomic E-state index is 0.00671. The number of nitrogens with one attached hydrogen (secondary N) is 2. The molecule has 0 saturated carbocycles. The number of para-hydroxylation sites is 2. The fourth-order valence-electron chi connectivity index (χ4n) is 1.90. The van der Waals surface area contributed by atoms with E-state index in [2.05, 4.69) is 17.6 Å². The van der Waals surface area contributed by atoms with Crippen LogP contribution in [0.25, 0.3) is 0 Å². The van der Waals surface area contributed by atoms with Crippen LogP contribution in [0.4, 0.5) is 5.69 Å². The average molecular weight is 264 g/mol. The van der Waals surface area contributed by atoms with E-state index < -0.39 is 0 Å². The highest BCUT2D eigenvalue weighted by Crippen LogP contribution is 2.23. The molecule has 1 aromatic rings. The third kappa shape index (κ3) is 5.64. The number of carbonyl (C=O) groups excluding carboxylic acids is 1. The number of anilines is 1. The van der Waals surface area contributed by atoms with Gasteiger partial charge in [0.1, 0.15) is 5.75 Å². The minimum absolute atomic E-state index is 0.00671. The molecule has 0 aliphatic heterocycles. The van der Waals surface area contributed by atoms with Crippen LogP contribution in [0.5, 0.6) is 5.75 Å². The molecule has 1 atom stereocenters. The van der Waals surface area contributed by atoms with Crippen LogP contribution in [0.1, 0.15) is 33.6 Å². The van der Waals surface area contributed by atoms with Crippen LogP contribution < -0.4 is 15.4 Å². The summed E-state index contributed by atoms with van der Waals surface area (Å²) in [6.07, 6.45) is 2.07. The molecule has 0 fully saturated rings. The van der Waals surface area contributed by atoms with E-state index in [1.165, 1.54) is 0 Å². The van der Waals surface area contributed by atoms with E-state index in [1.807, 2.05) is 38.1 Å². The molecule has 106 valence electrons. The molecule has 0 aliphatic carbocycles. The Kier molecular flexibility index (Phi) is 6.79. The molecule has 4 nitrogen and oxygen atoms in total. The summed E-state index contributed by atoms with van der Waals surface area (Å²) in [7, 11) is 0. The van der Waals surface area contributed by atoms with E-state index in [-0.39, 0.29) is 18.5 Å². The second-order valence-corrected chi connectivity index (χ2v) is 4.54. The summed E-state index contributed by atoms with van der Waals surface area (Å²) in [6.45, 7) is 6.95. The molecular formula is C15H24N2O2. The molecule has 0 saturated heterocycles. The van der Waals surface area contributed by atoms with Gasteiger partial charge < -0.3 is 15.4 Å². The number of hydrogen-bond acceptors (Lipinski definition) is 3. The summed E-state index contributed by atoms with van der Waals surface area (Å²) in [5.74, 6) is 0.784. The van der Waals surface area contributed by atoms with Crippen LogP contribution in [-0.4, -0.2) is 25.1 Å². The molecule has 0 aliphatic rings. The zero-order chi connectivity index (χ0) is 14.1. The fourth-order valence-corrected chi connectivity index (χ4v) is 1.90. The molecule has 2 N–H and O–H groups in total. The number of benzene rings is 1. The molecule has 19 heavy (non-hydrogen) atoms. The summed E-state index contributed by atoms with van der Waals surface area (Å²) in [5.41, 5.74) is 0.850. The molecule has 0 heterocycles. The summed E-state index contributed by atoms with van der Waals surface area (Å²) in [6, 6.07) is 7.86. The van der Waals surface area contributed by atoms with Gasteiger partial charge in [0.15, 0.2) is 0 Å². The first-order valence-corrected chi connectivity index (χ1v) is 6.92. The second kappa shape index (κ2) is 8.40. The summed E-state index contributed by atoms with van der Waals surface area (Å²) >= 11 is 0.